The quantitative estimate of drug-likeness (QED) is 0.624. The first-order valence-corrected chi connectivity index (χ1v) is 10.1. The molecule has 27 heavy (non-hydrogen) atoms. The summed E-state index contributed by atoms with van der Waals surface area (Å²) in [5.41, 5.74) is 2.21. The van der Waals surface area contributed by atoms with Crippen LogP contribution in [-0.2, 0) is 5.75 Å². The number of hydrogen-bond donors (Lipinski definition) is 3. The fourth-order valence-electron chi connectivity index (χ4n) is 2.29. The molecule has 0 fully saturated rings. The van der Waals surface area contributed by atoms with Gasteiger partial charge in [-0.2, -0.15) is 11.8 Å². The lowest BCUT2D eigenvalue weighted by Gasteiger charge is -2.20. The van der Waals surface area contributed by atoms with Crippen molar-refractivity contribution in [3.63, 3.8) is 0 Å². The van der Waals surface area contributed by atoms with Crippen LogP contribution in [0.15, 0.2) is 54.6 Å². The number of carbonyl (C=O) groups is 2. The Morgan fingerprint density at radius 3 is 2.26 bits per heavy atom. The van der Waals surface area contributed by atoms with Crippen LogP contribution >= 0.6 is 11.8 Å². The van der Waals surface area contributed by atoms with E-state index in [1.54, 1.807) is 36.0 Å². The molecule has 0 aromatic heterocycles. The first-order chi connectivity index (χ1) is 12.8. The maximum absolute atomic E-state index is 12.1. The molecule has 6 heteroatoms. The highest BCUT2D eigenvalue weighted by atomic mass is 32.2. The number of amides is 3. The molecule has 144 valence electrons. The van der Waals surface area contributed by atoms with Crippen molar-refractivity contribution in [2.75, 3.05) is 17.6 Å². The van der Waals surface area contributed by atoms with Gasteiger partial charge in [-0.1, -0.05) is 30.3 Å². The van der Waals surface area contributed by atoms with Crippen LogP contribution in [0.1, 0.15) is 36.7 Å². The van der Waals surface area contributed by atoms with E-state index in [9.17, 15) is 9.59 Å². The third kappa shape index (κ3) is 8.17. The molecule has 0 aliphatic heterocycles. The Morgan fingerprint density at radius 1 is 0.963 bits per heavy atom. The van der Waals surface area contributed by atoms with Crippen LogP contribution in [0.5, 0.6) is 0 Å². The molecule has 0 heterocycles. The molecule has 5 nitrogen and oxygen atoms in total. The summed E-state index contributed by atoms with van der Waals surface area (Å²) in [6.07, 6.45) is 0. The SMILES string of the molecule is CC(C)(C)NC(=O)c1ccc(NC(=O)NCCSCc2ccccc2)cc1. The van der Waals surface area contributed by atoms with Gasteiger partial charge in [-0.05, 0) is 50.6 Å². The highest BCUT2D eigenvalue weighted by Gasteiger charge is 2.15. The van der Waals surface area contributed by atoms with Crippen LogP contribution in [0, 0.1) is 0 Å². The molecule has 0 unspecified atom stereocenters. The fourth-order valence-corrected chi connectivity index (χ4v) is 3.11. The number of hydrogen-bond acceptors (Lipinski definition) is 3. The number of rotatable bonds is 7. The topological polar surface area (TPSA) is 70.2 Å². The Bertz CT molecular complexity index is 740. The van der Waals surface area contributed by atoms with Crippen molar-refractivity contribution in [1.29, 1.82) is 0 Å². The molecule has 0 radical (unpaired) electrons. The van der Waals surface area contributed by atoms with Crippen molar-refractivity contribution in [2.24, 2.45) is 0 Å². The van der Waals surface area contributed by atoms with E-state index in [1.165, 1.54) is 5.56 Å². The van der Waals surface area contributed by atoms with Crippen molar-refractivity contribution < 1.29 is 9.59 Å². The van der Waals surface area contributed by atoms with E-state index in [2.05, 4.69) is 28.1 Å². The van der Waals surface area contributed by atoms with E-state index in [-0.39, 0.29) is 17.5 Å². The van der Waals surface area contributed by atoms with E-state index in [0.717, 1.165) is 11.5 Å². The van der Waals surface area contributed by atoms with Gasteiger partial charge < -0.3 is 16.0 Å². The van der Waals surface area contributed by atoms with Crippen LogP contribution in [0.2, 0.25) is 0 Å². The molecule has 0 bridgehead atoms. The maximum Gasteiger partial charge on any atom is 0.319 e. The van der Waals surface area contributed by atoms with Gasteiger partial charge in [0.25, 0.3) is 5.91 Å². The van der Waals surface area contributed by atoms with Crippen molar-refractivity contribution in [1.82, 2.24) is 10.6 Å². The minimum atomic E-state index is -0.285. The van der Waals surface area contributed by atoms with Gasteiger partial charge in [0.1, 0.15) is 0 Å². The van der Waals surface area contributed by atoms with Crippen molar-refractivity contribution in [3.8, 4) is 0 Å². The molecule has 2 aromatic carbocycles. The average Bonchev–Trinajstić information content (AvgIpc) is 2.61. The van der Waals surface area contributed by atoms with E-state index >= 15 is 0 Å². The second-order valence-electron chi connectivity index (χ2n) is 7.20. The number of anilines is 1. The molecule has 2 aromatic rings. The lowest BCUT2D eigenvalue weighted by Crippen LogP contribution is -2.40. The molecule has 2 rings (SSSR count). The van der Waals surface area contributed by atoms with Gasteiger partial charge in [-0.3, -0.25) is 4.79 Å². The first-order valence-electron chi connectivity index (χ1n) is 8.92. The molecule has 0 aliphatic rings. The monoisotopic (exact) mass is 385 g/mol. The number of thioether (sulfide) groups is 1. The summed E-state index contributed by atoms with van der Waals surface area (Å²) in [7, 11) is 0. The van der Waals surface area contributed by atoms with E-state index < -0.39 is 0 Å². The second kappa shape index (κ2) is 10.0. The van der Waals surface area contributed by atoms with Crippen LogP contribution in [0.3, 0.4) is 0 Å². The Labute approximate surface area is 165 Å². The minimum Gasteiger partial charge on any atom is -0.347 e. The minimum absolute atomic E-state index is 0.131. The lowest BCUT2D eigenvalue weighted by atomic mass is 10.1. The number of urea groups is 1. The zero-order valence-electron chi connectivity index (χ0n) is 16.0. The Hall–Kier alpha value is -2.47. The third-order valence-corrected chi connectivity index (χ3v) is 4.57. The summed E-state index contributed by atoms with van der Waals surface area (Å²) < 4.78 is 0. The average molecular weight is 386 g/mol. The zero-order valence-corrected chi connectivity index (χ0v) is 16.9. The predicted molar refractivity (Wildman–Crippen MR) is 113 cm³/mol. The Balaban J connectivity index is 1.68. The zero-order chi connectivity index (χ0) is 19.7. The largest absolute Gasteiger partial charge is 0.347 e. The number of carbonyl (C=O) groups excluding carboxylic acids is 2. The van der Waals surface area contributed by atoms with Gasteiger partial charge in [0.15, 0.2) is 0 Å². The third-order valence-electron chi connectivity index (χ3n) is 3.54. The smallest absolute Gasteiger partial charge is 0.319 e. The fraction of sp³-hybridized carbons (Fsp3) is 0.333. The molecule has 3 amide bonds. The first kappa shape index (κ1) is 20.8. The Morgan fingerprint density at radius 2 is 1.63 bits per heavy atom. The molecule has 3 N–H and O–H groups in total. The molecule has 0 aliphatic carbocycles. The molecular weight excluding hydrogens is 358 g/mol. The predicted octanol–water partition coefficient (Wildman–Crippen LogP) is 4.27. The summed E-state index contributed by atoms with van der Waals surface area (Å²) in [6.45, 7) is 6.39. The number of benzene rings is 2. The van der Waals surface area contributed by atoms with Gasteiger partial charge in [-0.25, -0.2) is 4.79 Å². The summed E-state index contributed by atoms with van der Waals surface area (Å²) in [5.74, 6) is 1.64. The highest BCUT2D eigenvalue weighted by molar-refractivity contribution is 7.98. The van der Waals surface area contributed by atoms with Crippen molar-refractivity contribution in [2.45, 2.75) is 32.1 Å². The molecule has 0 saturated carbocycles. The van der Waals surface area contributed by atoms with Crippen LogP contribution < -0.4 is 16.0 Å². The molecule has 0 saturated heterocycles. The van der Waals surface area contributed by atoms with E-state index in [1.807, 2.05) is 39.0 Å². The molecule has 0 atom stereocenters. The van der Waals surface area contributed by atoms with Crippen LogP contribution in [0.4, 0.5) is 10.5 Å². The normalized spacial score (nSPS) is 10.9. The second-order valence-corrected chi connectivity index (χ2v) is 8.31. The van der Waals surface area contributed by atoms with Gasteiger partial charge in [0.2, 0.25) is 0 Å². The van der Waals surface area contributed by atoms with Gasteiger partial charge >= 0.3 is 6.03 Å². The van der Waals surface area contributed by atoms with Gasteiger partial charge in [0.05, 0.1) is 0 Å². The lowest BCUT2D eigenvalue weighted by molar-refractivity contribution is 0.0919. The summed E-state index contributed by atoms with van der Waals surface area (Å²) >= 11 is 1.78. The van der Waals surface area contributed by atoms with Crippen molar-refractivity contribution >= 4 is 29.4 Å². The summed E-state index contributed by atoms with van der Waals surface area (Å²) in [5, 5.41) is 8.52. The van der Waals surface area contributed by atoms with E-state index in [4.69, 9.17) is 0 Å². The van der Waals surface area contributed by atoms with E-state index in [0.29, 0.717) is 17.8 Å². The highest BCUT2D eigenvalue weighted by Crippen LogP contribution is 2.12. The molecular formula is C21H27N3O2S. The van der Waals surface area contributed by atoms with Crippen molar-refractivity contribution in [3.05, 3.63) is 65.7 Å². The van der Waals surface area contributed by atoms with Gasteiger partial charge in [0, 0.05) is 34.8 Å². The summed E-state index contributed by atoms with van der Waals surface area (Å²) in [4.78, 5) is 24.0. The standard InChI is InChI=1S/C21H27N3O2S/c1-21(2,3)24-19(25)17-9-11-18(12-10-17)23-20(26)22-13-14-27-15-16-7-5-4-6-8-16/h4-12H,13-15H2,1-3H3,(H,24,25)(H2,22,23,26). The Kier molecular flexibility index (Phi) is 7.73. The summed E-state index contributed by atoms with van der Waals surface area (Å²) in [6, 6.07) is 16.9. The van der Waals surface area contributed by atoms with Gasteiger partial charge in [-0.15, -0.1) is 0 Å². The molecule has 0 spiro atoms. The maximum atomic E-state index is 12.1. The van der Waals surface area contributed by atoms with Crippen LogP contribution in [0.25, 0.3) is 0 Å². The number of nitrogens with one attached hydrogen (secondary N) is 3. The van der Waals surface area contributed by atoms with Crippen LogP contribution in [-0.4, -0.2) is 29.8 Å².